The predicted octanol–water partition coefficient (Wildman–Crippen LogP) is 1.63. The topological polar surface area (TPSA) is 90.9 Å². The second kappa shape index (κ2) is 10.5. The number of halogens is 1. The summed E-state index contributed by atoms with van der Waals surface area (Å²) in [6.45, 7) is 13.7. The molecule has 0 saturated heterocycles. The third-order valence-corrected chi connectivity index (χ3v) is 5.73. The summed E-state index contributed by atoms with van der Waals surface area (Å²) in [7, 11) is -1.46. The highest BCUT2D eigenvalue weighted by atomic mass is 127. The zero-order valence-electron chi connectivity index (χ0n) is 16.8. The van der Waals surface area contributed by atoms with Crippen LogP contribution in [0.1, 0.15) is 48.5 Å². The van der Waals surface area contributed by atoms with E-state index < -0.39 is 14.6 Å². The molecule has 0 aromatic rings. The van der Waals surface area contributed by atoms with E-state index in [-0.39, 0.29) is 54.3 Å². The number of amides is 1. The average Bonchev–Trinajstić information content (AvgIpc) is 2.33. The predicted molar refractivity (Wildman–Crippen MR) is 115 cm³/mol. The standard InChI is InChI=1S/C16H34N4O3S.HI/c1-9-17-14(18-10-11-24(22,23)16(5,6)7)20(8)12-13(21)19-15(2,3)4;/h9-12H2,1-8H3,(H,17,18)(H,19,21);1H. The molecule has 0 saturated carbocycles. The molecule has 0 unspecified atom stereocenters. The zero-order chi connectivity index (χ0) is 19.2. The lowest BCUT2D eigenvalue weighted by molar-refractivity contribution is -0.122. The Hall–Kier alpha value is -0.580. The van der Waals surface area contributed by atoms with Crippen molar-refractivity contribution in [2.24, 2.45) is 4.99 Å². The van der Waals surface area contributed by atoms with E-state index in [9.17, 15) is 13.2 Å². The van der Waals surface area contributed by atoms with Crippen LogP contribution in [0.25, 0.3) is 0 Å². The normalized spacial score (nSPS) is 13.0. The van der Waals surface area contributed by atoms with Gasteiger partial charge in [-0.3, -0.25) is 9.79 Å². The number of likely N-dealkylation sites (N-methyl/N-ethyl adjacent to an activating group) is 1. The van der Waals surface area contributed by atoms with Gasteiger partial charge in [0.2, 0.25) is 5.91 Å². The van der Waals surface area contributed by atoms with E-state index in [1.54, 1.807) is 32.7 Å². The fourth-order valence-corrected chi connectivity index (χ4v) is 2.74. The molecule has 0 radical (unpaired) electrons. The molecule has 9 heteroatoms. The molecule has 0 rings (SSSR count). The molecular weight excluding hydrogens is 455 g/mol. The molecule has 0 aliphatic heterocycles. The Balaban J connectivity index is 0. The third kappa shape index (κ3) is 10.9. The van der Waals surface area contributed by atoms with Crippen molar-refractivity contribution < 1.29 is 13.2 Å². The number of nitrogens with zero attached hydrogens (tertiary/aromatic N) is 2. The molecule has 1 amide bonds. The summed E-state index contributed by atoms with van der Waals surface area (Å²) in [4.78, 5) is 18.0. The minimum atomic E-state index is -3.21. The fraction of sp³-hybridized carbons (Fsp3) is 0.875. The molecule has 2 N–H and O–H groups in total. The van der Waals surface area contributed by atoms with Crippen LogP contribution in [0.15, 0.2) is 4.99 Å². The van der Waals surface area contributed by atoms with E-state index in [1.807, 2.05) is 27.7 Å². The number of rotatable bonds is 6. The van der Waals surface area contributed by atoms with Crippen molar-refractivity contribution in [2.45, 2.75) is 58.8 Å². The molecule has 0 aromatic carbocycles. The largest absolute Gasteiger partial charge is 0.357 e. The van der Waals surface area contributed by atoms with Gasteiger partial charge in [0.25, 0.3) is 0 Å². The van der Waals surface area contributed by atoms with Crippen molar-refractivity contribution in [3.8, 4) is 0 Å². The van der Waals surface area contributed by atoms with Crippen molar-refractivity contribution in [1.29, 1.82) is 0 Å². The summed E-state index contributed by atoms with van der Waals surface area (Å²) in [5.74, 6) is 0.386. The molecule has 0 heterocycles. The molecular formula is C16H35IN4O3S. The summed E-state index contributed by atoms with van der Waals surface area (Å²) < 4.78 is 23.5. The molecule has 0 spiro atoms. The lowest BCUT2D eigenvalue weighted by atomic mass is 10.1. The number of nitrogens with one attached hydrogen (secondary N) is 2. The second-order valence-corrected chi connectivity index (χ2v) is 10.7. The molecule has 0 bridgehead atoms. The van der Waals surface area contributed by atoms with E-state index in [1.165, 1.54) is 0 Å². The smallest absolute Gasteiger partial charge is 0.240 e. The summed E-state index contributed by atoms with van der Waals surface area (Å²) in [6.07, 6.45) is 0. The monoisotopic (exact) mass is 490 g/mol. The average molecular weight is 490 g/mol. The first-order chi connectivity index (χ1) is 10.7. The Morgan fingerprint density at radius 3 is 2.04 bits per heavy atom. The molecule has 0 atom stereocenters. The highest BCUT2D eigenvalue weighted by molar-refractivity contribution is 14.0. The van der Waals surface area contributed by atoms with Crippen molar-refractivity contribution in [3.63, 3.8) is 0 Å². The van der Waals surface area contributed by atoms with Gasteiger partial charge in [-0.15, -0.1) is 24.0 Å². The molecule has 0 fully saturated rings. The van der Waals surface area contributed by atoms with Crippen LogP contribution in [-0.2, 0) is 14.6 Å². The van der Waals surface area contributed by atoms with E-state index in [2.05, 4.69) is 15.6 Å². The maximum atomic E-state index is 12.1. The van der Waals surface area contributed by atoms with Gasteiger partial charge in [0.15, 0.2) is 15.8 Å². The van der Waals surface area contributed by atoms with Crippen molar-refractivity contribution in [3.05, 3.63) is 0 Å². The molecule has 0 aliphatic rings. The number of hydrogen-bond acceptors (Lipinski definition) is 4. The Bertz CT molecular complexity index is 549. The summed E-state index contributed by atoms with van der Waals surface area (Å²) in [5, 5.41) is 5.96. The first-order valence-corrected chi connectivity index (χ1v) is 9.87. The van der Waals surface area contributed by atoms with Gasteiger partial charge in [0.1, 0.15) is 0 Å². The van der Waals surface area contributed by atoms with Crippen LogP contribution in [0, 0.1) is 0 Å². The number of aliphatic imine (C=N–C) groups is 1. The van der Waals surface area contributed by atoms with Gasteiger partial charge in [-0.05, 0) is 48.5 Å². The third-order valence-electron chi connectivity index (χ3n) is 3.15. The zero-order valence-corrected chi connectivity index (χ0v) is 19.9. The van der Waals surface area contributed by atoms with E-state index in [0.717, 1.165) is 0 Å². The minimum Gasteiger partial charge on any atom is -0.357 e. The number of carbonyl (C=O) groups excluding carboxylic acids is 1. The lowest BCUT2D eigenvalue weighted by Gasteiger charge is -2.25. The summed E-state index contributed by atoms with van der Waals surface area (Å²) in [5.41, 5.74) is -0.297. The number of guanidine groups is 1. The summed E-state index contributed by atoms with van der Waals surface area (Å²) >= 11 is 0. The SMILES string of the molecule is CCNC(=NCCS(=O)(=O)C(C)(C)C)N(C)CC(=O)NC(C)(C)C.I. The van der Waals surface area contributed by atoms with Crippen LogP contribution < -0.4 is 10.6 Å². The first kappa shape index (κ1) is 26.6. The Morgan fingerprint density at radius 1 is 1.12 bits per heavy atom. The fourth-order valence-electron chi connectivity index (χ4n) is 1.80. The number of sulfone groups is 1. The number of hydrogen-bond donors (Lipinski definition) is 2. The Kier molecular flexibility index (Phi) is 11.2. The minimum absolute atomic E-state index is 0. The molecule has 0 aromatic heterocycles. The Morgan fingerprint density at radius 2 is 1.64 bits per heavy atom. The van der Waals surface area contributed by atoms with E-state index >= 15 is 0 Å². The molecule has 0 aliphatic carbocycles. The maximum Gasteiger partial charge on any atom is 0.240 e. The van der Waals surface area contributed by atoms with Crippen LogP contribution >= 0.6 is 24.0 Å². The van der Waals surface area contributed by atoms with Gasteiger partial charge >= 0.3 is 0 Å². The van der Waals surface area contributed by atoms with E-state index in [4.69, 9.17) is 0 Å². The van der Waals surface area contributed by atoms with Crippen LogP contribution in [0.5, 0.6) is 0 Å². The van der Waals surface area contributed by atoms with Crippen LogP contribution in [0.3, 0.4) is 0 Å². The van der Waals surface area contributed by atoms with Gasteiger partial charge < -0.3 is 15.5 Å². The van der Waals surface area contributed by atoms with Crippen LogP contribution in [-0.4, -0.2) is 67.9 Å². The van der Waals surface area contributed by atoms with Crippen molar-refractivity contribution >= 4 is 45.7 Å². The highest BCUT2D eigenvalue weighted by Gasteiger charge is 2.28. The molecule has 150 valence electrons. The van der Waals surface area contributed by atoms with Crippen molar-refractivity contribution in [1.82, 2.24) is 15.5 Å². The lowest BCUT2D eigenvalue weighted by Crippen LogP contribution is -2.48. The van der Waals surface area contributed by atoms with Gasteiger partial charge in [-0.2, -0.15) is 0 Å². The second-order valence-electron chi connectivity index (χ2n) is 7.82. The molecule has 25 heavy (non-hydrogen) atoms. The van der Waals surface area contributed by atoms with Gasteiger partial charge in [0.05, 0.1) is 23.6 Å². The maximum absolute atomic E-state index is 12.1. The highest BCUT2D eigenvalue weighted by Crippen LogP contribution is 2.15. The Labute approximate surface area is 170 Å². The molecule has 7 nitrogen and oxygen atoms in total. The van der Waals surface area contributed by atoms with Crippen molar-refractivity contribution in [2.75, 3.05) is 32.4 Å². The van der Waals surface area contributed by atoms with Crippen LogP contribution in [0.2, 0.25) is 0 Å². The van der Waals surface area contributed by atoms with Gasteiger partial charge in [-0.25, -0.2) is 8.42 Å². The van der Waals surface area contributed by atoms with E-state index in [0.29, 0.717) is 12.5 Å². The summed E-state index contributed by atoms with van der Waals surface area (Å²) in [6, 6.07) is 0. The van der Waals surface area contributed by atoms with Crippen LogP contribution in [0.4, 0.5) is 0 Å². The van der Waals surface area contributed by atoms with Gasteiger partial charge in [0, 0.05) is 19.1 Å². The first-order valence-electron chi connectivity index (χ1n) is 8.22. The number of carbonyl (C=O) groups is 1. The quantitative estimate of drug-likeness (QED) is 0.336. The van der Waals surface area contributed by atoms with Gasteiger partial charge in [-0.1, -0.05) is 0 Å².